The molecule has 134 valence electrons. The van der Waals surface area contributed by atoms with Gasteiger partial charge < -0.3 is 16.4 Å². The molecule has 0 aliphatic rings. The number of anilines is 4. The zero-order chi connectivity index (χ0) is 19.3. The van der Waals surface area contributed by atoms with Crippen LogP contribution < -0.4 is 21.3 Å². The fourth-order valence-corrected chi connectivity index (χ4v) is 2.19. The van der Waals surface area contributed by atoms with Crippen LogP contribution in [0, 0.1) is 0 Å². The highest BCUT2D eigenvalue weighted by atomic mass is 16.2. The number of rotatable bonds is 3. The van der Waals surface area contributed by atoms with E-state index < -0.39 is 17.7 Å². The SMILES string of the molecule is CC(=O)Nc1ccc(NC(=O)C(=O)N(C(C)=O)c2ccc(N)cc2)cc1. The van der Waals surface area contributed by atoms with Gasteiger partial charge in [-0.15, -0.1) is 0 Å². The summed E-state index contributed by atoms with van der Waals surface area (Å²) in [5.74, 6) is -2.81. The fourth-order valence-electron chi connectivity index (χ4n) is 2.19. The second-order valence-corrected chi connectivity index (χ2v) is 5.46. The summed E-state index contributed by atoms with van der Waals surface area (Å²) < 4.78 is 0. The second kappa shape index (κ2) is 7.93. The molecule has 0 atom stereocenters. The number of nitrogens with zero attached hydrogens (tertiary/aromatic N) is 1. The Hall–Kier alpha value is -3.68. The zero-order valence-electron chi connectivity index (χ0n) is 14.3. The summed E-state index contributed by atoms with van der Waals surface area (Å²) in [5, 5.41) is 5.00. The summed E-state index contributed by atoms with van der Waals surface area (Å²) in [6.07, 6.45) is 0. The van der Waals surface area contributed by atoms with E-state index >= 15 is 0 Å². The van der Waals surface area contributed by atoms with E-state index in [-0.39, 0.29) is 11.6 Å². The number of imide groups is 1. The van der Waals surface area contributed by atoms with E-state index in [1.54, 1.807) is 12.1 Å². The average molecular weight is 354 g/mol. The van der Waals surface area contributed by atoms with Crippen LogP contribution in [-0.4, -0.2) is 23.6 Å². The topological polar surface area (TPSA) is 122 Å². The molecule has 0 aliphatic carbocycles. The predicted molar refractivity (Wildman–Crippen MR) is 98.4 cm³/mol. The van der Waals surface area contributed by atoms with Crippen LogP contribution in [0.4, 0.5) is 22.7 Å². The number of amides is 4. The first-order valence-electron chi connectivity index (χ1n) is 7.67. The van der Waals surface area contributed by atoms with Gasteiger partial charge in [-0.05, 0) is 48.5 Å². The van der Waals surface area contributed by atoms with E-state index in [0.717, 1.165) is 4.90 Å². The van der Waals surface area contributed by atoms with Crippen LogP contribution in [0.15, 0.2) is 48.5 Å². The van der Waals surface area contributed by atoms with Crippen molar-refractivity contribution >= 4 is 46.4 Å². The van der Waals surface area contributed by atoms with E-state index in [1.807, 2.05) is 0 Å². The van der Waals surface area contributed by atoms with Crippen molar-refractivity contribution in [1.29, 1.82) is 0 Å². The Morgan fingerprint density at radius 2 is 1.31 bits per heavy atom. The molecular formula is C18H18N4O4. The van der Waals surface area contributed by atoms with Gasteiger partial charge in [0.25, 0.3) is 0 Å². The van der Waals surface area contributed by atoms with Crippen molar-refractivity contribution < 1.29 is 19.2 Å². The minimum atomic E-state index is -1.02. The highest BCUT2D eigenvalue weighted by Gasteiger charge is 2.26. The van der Waals surface area contributed by atoms with Crippen molar-refractivity contribution in [3.05, 3.63) is 48.5 Å². The third-order valence-electron chi connectivity index (χ3n) is 3.33. The van der Waals surface area contributed by atoms with Crippen LogP contribution in [0.5, 0.6) is 0 Å². The summed E-state index contributed by atoms with van der Waals surface area (Å²) in [6, 6.07) is 12.2. The smallest absolute Gasteiger partial charge is 0.323 e. The molecule has 8 nitrogen and oxygen atoms in total. The Bertz CT molecular complexity index is 844. The lowest BCUT2D eigenvalue weighted by Crippen LogP contribution is -2.42. The summed E-state index contributed by atoms with van der Waals surface area (Å²) in [4.78, 5) is 48.2. The number of nitrogens with two attached hydrogens (primary N) is 1. The van der Waals surface area contributed by atoms with Gasteiger partial charge in [0.1, 0.15) is 0 Å². The summed E-state index contributed by atoms with van der Waals surface area (Å²) in [7, 11) is 0. The Morgan fingerprint density at radius 3 is 1.77 bits per heavy atom. The molecule has 4 N–H and O–H groups in total. The van der Waals surface area contributed by atoms with Crippen LogP contribution in [0.25, 0.3) is 0 Å². The van der Waals surface area contributed by atoms with Crippen LogP contribution in [-0.2, 0) is 19.2 Å². The van der Waals surface area contributed by atoms with Gasteiger partial charge in [0.2, 0.25) is 11.8 Å². The maximum absolute atomic E-state index is 12.4. The lowest BCUT2D eigenvalue weighted by Gasteiger charge is -2.18. The summed E-state index contributed by atoms with van der Waals surface area (Å²) in [5.41, 5.74) is 7.19. The number of hydrogen-bond donors (Lipinski definition) is 3. The van der Waals surface area contributed by atoms with Crippen LogP contribution in [0.1, 0.15) is 13.8 Å². The second-order valence-electron chi connectivity index (χ2n) is 5.46. The van der Waals surface area contributed by atoms with Crippen molar-refractivity contribution in [2.75, 3.05) is 21.3 Å². The first-order chi connectivity index (χ1) is 12.3. The largest absolute Gasteiger partial charge is 0.399 e. The Balaban J connectivity index is 2.13. The van der Waals surface area contributed by atoms with Crippen LogP contribution in [0.3, 0.4) is 0 Å². The Labute approximate surface area is 150 Å². The van der Waals surface area contributed by atoms with Crippen LogP contribution >= 0.6 is 0 Å². The molecule has 0 fully saturated rings. The van der Waals surface area contributed by atoms with Crippen molar-refractivity contribution in [3.8, 4) is 0 Å². The minimum Gasteiger partial charge on any atom is -0.399 e. The van der Waals surface area contributed by atoms with Gasteiger partial charge in [-0.25, -0.2) is 4.90 Å². The highest BCUT2D eigenvalue weighted by Crippen LogP contribution is 2.18. The number of benzene rings is 2. The number of nitrogens with one attached hydrogen (secondary N) is 2. The molecule has 0 bridgehead atoms. The monoisotopic (exact) mass is 354 g/mol. The molecule has 0 heterocycles. The molecule has 0 saturated carbocycles. The van der Waals surface area contributed by atoms with E-state index in [4.69, 9.17) is 5.73 Å². The maximum Gasteiger partial charge on any atom is 0.323 e. The first kappa shape index (κ1) is 18.7. The molecular weight excluding hydrogens is 336 g/mol. The molecule has 0 spiro atoms. The Morgan fingerprint density at radius 1 is 0.808 bits per heavy atom. The third kappa shape index (κ3) is 4.67. The highest BCUT2D eigenvalue weighted by molar-refractivity contribution is 6.48. The van der Waals surface area contributed by atoms with Gasteiger partial charge in [0.15, 0.2) is 0 Å². The lowest BCUT2D eigenvalue weighted by molar-refractivity contribution is -0.136. The standard InChI is InChI=1S/C18H18N4O4/c1-11(23)20-14-5-7-15(8-6-14)21-17(25)18(26)22(12(2)24)16-9-3-13(19)4-10-16/h3-10H,19H2,1-2H3,(H,20,23)(H,21,25). The van der Waals surface area contributed by atoms with Crippen molar-refractivity contribution in [1.82, 2.24) is 0 Å². The third-order valence-corrected chi connectivity index (χ3v) is 3.33. The quantitative estimate of drug-likeness (QED) is 0.572. The van der Waals surface area contributed by atoms with Crippen molar-refractivity contribution in [2.45, 2.75) is 13.8 Å². The van der Waals surface area contributed by atoms with Crippen molar-refractivity contribution in [3.63, 3.8) is 0 Å². The lowest BCUT2D eigenvalue weighted by atomic mass is 10.2. The number of hydrogen-bond acceptors (Lipinski definition) is 5. The number of carbonyl (C=O) groups excluding carboxylic acids is 4. The molecule has 0 aromatic heterocycles. The molecule has 0 saturated heterocycles. The summed E-state index contributed by atoms with van der Waals surface area (Å²) >= 11 is 0. The van der Waals surface area contributed by atoms with Gasteiger partial charge in [-0.1, -0.05) is 0 Å². The van der Waals surface area contributed by atoms with Gasteiger partial charge in [0.05, 0.1) is 5.69 Å². The predicted octanol–water partition coefficient (Wildman–Crippen LogP) is 1.75. The van der Waals surface area contributed by atoms with E-state index in [0.29, 0.717) is 17.1 Å². The molecule has 2 aromatic carbocycles. The van der Waals surface area contributed by atoms with Gasteiger partial charge in [-0.2, -0.15) is 0 Å². The van der Waals surface area contributed by atoms with E-state index in [2.05, 4.69) is 10.6 Å². The van der Waals surface area contributed by atoms with Gasteiger partial charge >= 0.3 is 11.8 Å². The molecule has 8 heteroatoms. The maximum atomic E-state index is 12.4. The molecule has 0 aliphatic heterocycles. The molecule has 2 rings (SSSR count). The van der Waals surface area contributed by atoms with Crippen LogP contribution in [0.2, 0.25) is 0 Å². The van der Waals surface area contributed by atoms with E-state index in [9.17, 15) is 19.2 Å². The summed E-state index contributed by atoms with van der Waals surface area (Å²) in [6.45, 7) is 2.56. The van der Waals surface area contributed by atoms with Crippen molar-refractivity contribution in [2.24, 2.45) is 0 Å². The molecule has 4 amide bonds. The fraction of sp³-hybridized carbons (Fsp3) is 0.111. The first-order valence-corrected chi connectivity index (χ1v) is 7.67. The molecule has 2 aromatic rings. The van der Waals surface area contributed by atoms with E-state index in [1.165, 1.54) is 50.2 Å². The van der Waals surface area contributed by atoms with Gasteiger partial charge in [0, 0.05) is 30.9 Å². The zero-order valence-corrected chi connectivity index (χ0v) is 14.3. The number of carbonyl (C=O) groups is 4. The molecule has 26 heavy (non-hydrogen) atoms. The average Bonchev–Trinajstić information content (AvgIpc) is 2.57. The Kier molecular flexibility index (Phi) is 5.69. The normalized spacial score (nSPS) is 9.92. The number of nitrogen functional groups attached to an aromatic ring is 1. The molecule has 0 unspecified atom stereocenters. The minimum absolute atomic E-state index is 0.224. The molecule has 0 radical (unpaired) electrons. The van der Waals surface area contributed by atoms with Gasteiger partial charge in [-0.3, -0.25) is 19.2 Å².